The minimum absolute atomic E-state index is 0. The Morgan fingerprint density at radius 3 is 2.41 bits per heavy atom. The molecule has 1 aromatic heterocycles. The van der Waals surface area contributed by atoms with Gasteiger partial charge in [-0.05, 0) is 6.07 Å². The number of hydrogen-bond acceptors (Lipinski definition) is 6. The minimum Gasteiger partial charge on any atom is -0.481 e. The van der Waals surface area contributed by atoms with E-state index in [1.54, 1.807) is 12.1 Å². The van der Waals surface area contributed by atoms with Crippen molar-refractivity contribution in [2.75, 3.05) is 31.4 Å². The number of nitrogens with one attached hydrogen (secondary N) is 1. The lowest BCUT2D eigenvalue weighted by atomic mass is 10.3. The predicted molar refractivity (Wildman–Crippen MR) is 71.3 cm³/mol. The van der Waals surface area contributed by atoms with Crippen molar-refractivity contribution in [1.82, 2.24) is 4.98 Å². The normalized spacial score (nSPS) is 9.18. The van der Waals surface area contributed by atoms with Crippen molar-refractivity contribution in [2.24, 2.45) is 0 Å². The van der Waals surface area contributed by atoms with Gasteiger partial charge in [0.2, 0.25) is 5.88 Å². The maximum Gasteiger partial charge on any atom is 0.215 e. The summed E-state index contributed by atoms with van der Waals surface area (Å²) in [4.78, 5) is 4.05. The molecule has 8 heteroatoms. The molecule has 0 aliphatic rings. The van der Waals surface area contributed by atoms with E-state index in [1.807, 2.05) is 0 Å². The molecule has 0 radical (unpaired) electrons. The Morgan fingerprint density at radius 2 is 1.94 bits per heavy atom. The van der Waals surface area contributed by atoms with Crippen LogP contribution in [0.1, 0.15) is 0 Å². The second kappa shape index (κ2) is 9.12. The summed E-state index contributed by atoms with van der Waals surface area (Å²) in [6.07, 6.45) is 0. The van der Waals surface area contributed by atoms with E-state index in [0.29, 0.717) is 17.4 Å². The van der Waals surface area contributed by atoms with Crippen LogP contribution in [0, 0.1) is 0 Å². The van der Waals surface area contributed by atoms with E-state index < -0.39 is 6.04 Å². The van der Waals surface area contributed by atoms with Gasteiger partial charge in [0.05, 0.1) is 32.1 Å². The molecule has 100 valence electrons. The van der Waals surface area contributed by atoms with Crippen LogP contribution in [0.3, 0.4) is 0 Å². The number of nitrogens with zero attached hydrogens (tertiary/aromatic N) is 1. The summed E-state index contributed by atoms with van der Waals surface area (Å²) in [5.74, 6) is 0.809. The number of aliphatic hydroxyl groups excluding tert-OH is 2. The maximum absolute atomic E-state index is 8.88. The predicted octanol–water partition coefficient (Wildman–Crippen LogP) is 0.281. The highest BCUT2D eigenvalue weighted by Gasteiger charge is 2.09. The molecule has 0 aromatic carbocycles. The average Bonchev–Trinajstić information content (AvgIpc) is 2.28. The van der Waals surface area contributed by atoms with E-state index in [0.717, 1.165) is 0 Å². The molecule has 0 unspecified atom stereocenters. The van der Waals surface area contributed by atoms with Gasteiger partial charge in [0.1, 0.15) is 0 Å². The molecular weight excluding hydrogens is 269 g/mol. The van der Waals surface area contributed by atoms with Gasteiger partial charge in [-0.15, -0.1) is 24.8 Å². The first-order valence-corrected chi connectivity index (χ1v) is 4.50. The van der Waals surface area contributed by atoms with Crippen LogP contribution < -0.4 is 15.8 Å². The third-order valence-corrected chi connectivity index (χ3v) is 1.89. The molecule has 0 amide bonds. The summed E-state index contributed by atoms with van der Waals surface area (Å²) in [6.45, 7) is -0.399. The van der Waals surface area contributed by atoms with Crippen LogP contribution in [0.2, 0.25) is 0 Å². The van der Waals surface area contributed by atoms with E-state index in [-0.39, 0.29) is 38.0 Å². The van der Waals surface area contributed by atoms with Crippen molar-refractivity contribution >= 4 is 36.3 Å². The number of aliphatic hydroxyl groups is 2. The fourth-order valence-corrected chi connectivity index (χ4v) is 1.02. The van der Waals surface area contributed by atoms with Gasteiger partial charge >= 0.3 is 0 Å². The molecule has 1 rings (SSSR count). The van der Waals surface area contributed by atoms with Crippen LogP contribution in [0.25, 0.3) is 0 Å². The number of anilines is 2. The van der Waals surface area contributed by atoms with Crippen molar-refractivity contribution < 1.29 is 14.9 Å². The molecule has 5 N–H and O–H groups in total. The van der Waals surface area contributed by atoms with E-state index >= 15 is 0 Å². The van der Waals surface area contributed by atoms with Gasteiger partial charge in [0, 0.05) is 6.07 Å². The zero-order valence-corrected chi connectivity index (χ0v) is 10.9. The number of ether oxygens (including phenoxy) is 1. The number of nitrogens with two attached hydrogens (primary N) is 1. The van der Waals surface area contributed by atoms with Crippen molar-refractivity contribution in [2.45, 2.75) is 6.04 Å². The summed E-state index contributed by atoms with van der Waals surface area (Å²) >= 11 is 0. The van der Waals surface area contributed by atoms with Crippen molar-refractivity contribution in [1.29, 1.82) is 0 Å². The molecule has 0 aliphatic carbocycles. The molecular formula is C9H17Cl2N3O3. The molecule has 1 aromatic rings. The second-order valence-electron chi connectivity index (χ2n) is 3.00. The largest absolute Gasteiger partial charge is 0.481 e. The van der Waals surface area contributed by atoms with Crippen LogP contribution in [-0.4, -0.2) is 41.6 Å². The zero-order valence-electron chi connectivity index (χ0n) is 9.29. The third-order valence-electron chi connectivity index (χ3n) is 1.89. The minimum atomic E-state index is -0.480. The van der Waals surface area contributed by atoms with Gasteiger partial charge in [-0.3, -0.25) is 0 Å². The first-order chi connectivity index (χ1) is 7.21. The molecule has 6 nitrogen and oxygen atoms in total. The molecule has 0 fully saturated rings. The average molecular weight is 286 g/mol. The van der Waals surface area contributed by atoms with Crippen LogP contribution in [0.5, 0.6) is 5.88 Å². The first kappa shape index (κ1) is 18.4. The van der Waals surface area contributed by atoms with Crippen LogP contribution in [0.4, 0.5) is 11.5 Å². The van der Waals surface area contributed by atoms with Gasteiger partial charge < -0.3 is 26.0 Å². The zero-order chi connectivity index (χ0) is 11.3. The van der Waals surface area contributed by atoms with Crippen LogP contribution in [-0.2, 0) is 0 Å². The van der Waals surface area contributed by atoms with E-state index in [2.05, 4.69) is 10.3 Å². The van der Waals surface area contributed by atoms with Crippen LogP contribution in [0.15, 0.2) is 12.1 Å². The first-order valence-electron chi connectivity index (χ1n) is 4.50. The van der Waals surface area contributed by atoms with Gasteiger partial charge in [-0.2, -0.15) is 4.98 Å². The van der Waals surface area contributed by atoms with E-state index in [4.69, 9.17) is 20.7 Å². The monoisotopic (exact) mass is 285 g/mol. The van der Waals surface area contributed by atoms with E-state index in [9.17, 15) is 0 Å². The highest BCUT2D eigenvalue weighted by atomic mass is 35.5. The molecule has 17 heavy (non-hydrogen) atoms. The summed E-state index contributed by atoms with van der Waals surface area (Å²) in [5.41, 5.74) is 6.09. The topological polar surface area (TPSA) is 101 Å². The Labute approximate surface area is 112 Å². The molecule has 0 bridgehead atoms. The fourth-order valence-electron chi connectivity index (χ4n) is 1.02. The van der Waals surface area contributed by atoms with Crippen LogP contribution >= 0.6 is 24.8 Å². The van der Waals surface area contributed by atoms with Crippen molar-refractivity contribution in [3.8, 4) is 5.88 Å². The smallest absolute Gasteiger partial charge is 0.215 e. The lowest BCUT2D eigenvalue weighted by molar-refractivity contribution is 0.203. The molecule has 0 aliphatic heterocycles. The highest BCUT2D eigenvalue weighted by Crippen LogP contribution is 2.19. The number of pyridine rings is 1. The van der Waals surface area contributed by atoms with Crippen molar-refractivity contribution in [3.63, 3.8) is 0 Å². The number of halogens is 2. The Morgan fingerprint density at radius 1 is 1.35 bits per heavy atom. The van der Waals surface area contributed by atoms with Gasteiger partial charge in [-0.1, -0.05) is 0 Å². The Bertz CT molecular complexity index is 324. The standard InChI is InChI=1S/C9H15N3O3.2ClH/c1-15-8-3-2-7(10)9(12-8)11-6(4-13)5-14;;/h2-3,6,13-14H,4-5,10H2,1H3,(H,11,12);2*1H. The number of methoxy groups -OCH3 is 1. The molecule has 0 saturated heterocycles. The summed E-state index contributed by atoms with van der Waals surface area (Å²) in [5, 5.41) is 20.6. The molecule has 0 atom stereocenters. The number of hydrogen-bond donors (Lipinski definition) is 4. The quantitative estimate of drug-likeness (QED) is 0.620. The number of nitrogen functional groups attached to an aromatic ring is 1. The molecule has 0 spiro atoms. The van der Waals surface area contributed by atoms with Gasteiger partial charge in [0.15, 0.2) is 5.82 Å². The lowest BCUT2D eigenvalue weighted by Gasteiger charge is -2.15. The lowest BCUT2D eigenvalue weighted by Crippen LogP contribution is -2.28. The van der Waals surface area contributed by atoms with Gasteiger partial charge in [0.25, 0.3) is 0 Å². The fraction of sp³-hybridized carbons (Fsp3) is 0.444. The van der Waals surface area contributed by atoms with E-state index in [1.165, 1.54) is 7.11 Å². The summed E-state index contributed by atoms with van der Waals surface area (Å²) in [6, 6.07) is 2.79. The molecule has 0 saturated carbocycles. The summed E-state index contributed by atoms with van der Waals surface area (Å²) < 4.78 is 4.93. The highest BCUT2D eigenvalue weighted by molar-refractivity contribution is 5.85. The summed E-state index contributed by atoms with van der Waals surface area (Å²) in [7, 11) is 1.50. The Kier molecular flexibility index (Phi) is 9.88. The SMILES string of the molecule is COc1ccc(N)c(NC(CO)CO)n1.Cl.Cl. The molecule has 1 heterocycles. The Hall–Kier alpha value is -0.950. The number of aromatic nitrogens is 1. The maximum atomic E-state index is 8.88. The third kappa shape index (κ3) is 5.27. The second-order valence-corrected chi connectivity index (χ2v) is 3.00. The Balaban J connectivity index is 0. The van der Waals surface area contributed by atoms with Crippen molar-refractivity contribution in [3.05, 3.63) is 12.1 Å². The van der Waals surface area contributed by atoms with Gasteiger partial charge in [-0.25, -0.2) is 0 Å². The number of rotatable bonds is 5.